The average molecular weight is 236 g/mol. The van der Waals surface area contributed by atoms with Crippen LogP contribution in [-0.4, -0.2) is 29.0 Å². The lowest BCUT2D eigenvalue weighted by molar-refractivity contribution is 0.0764. The molecular formula is C12H13FN2O2. The van der Waals surface area contributed by atoms with Crippen molar-refractivity contribution in [3.63, 3.8) is 0 Å². The van der Waals surface area contributed by atoms with E-state index in [0.717, 1.165) is 18.2 Å². The lowest BCUT2D eigenvalue weighted by Gasteiger charge is -2.19. The Morgan fingerprint density at radius 1 is 1.59 bits per heavy atom. The molecule has 1 rings (SSSR count). The van der Waals surface area contributed by atoms with Gasteiger partial charge in [0.2, 0.25) is 0 Å². The first kappa shape index (κ1) is 13.0. The lowest BCUT2D eigenvalue weighted by Crippen LogP contribution is -2.31. The zero-order valence-electron chi connectivity index (χ0n) is 9.48. The second kappa shape index (κ2) is 5.85. The molecule has 1 amide bonds. The summed E-state index contributed by atoms with van der Waals surface area (Å²) in [5.41, 5.74) is -0.0789. The number of halogens is 1. The molecule has 4 nitrogen and oxygen atoms in total. The van der Waals surface area contributed by atoms with Crippen LogP contribution < -0.4 is 0 Å². The minimum atomic E-state index is -0.581. The first-order chi connectivity index (χ1) is 8.10. The van der Waals surface area contributed by atoms with Crippen LogP contribution in [-0.2, 0) is 0 Å². The third-order valence-electron chi connectivity index (χ3n) is 2.35. The second-order valence-electron chi connectivity index (χ2n) is 3.45. The third-order valence-corrected chi connectivity index (χ3v) is 2.35. The van der Waals surface area contributed by atoms with E-state index in [1.54, 1.807) is 6.92 Å². The summed E-state index contributed by atoms with van der Waals surface area (Å²) in [5.74, 6) is -1.31. The number of phenols is 1. The normalized spacial score (nSPS) is 9.71. The molecule has 0 saturated heterocycles. The molecule has 0 aromatic heterocycles. The van der Waals surface area contributed by atoms with E-state index in [9.17, 15) is 14.3 Å². The Morgan fingerprint density at radius 3 is 2.88 bits per heavy atom. The molecule has 5 heteroatoms. The summed E-state index contributed by atoms with van der Waals surface area (Å²) in [5, 5.41) is 18.0. The van der Waals surface area contributed by atoms with E-state index in [2.05, 4.69) is 0 Å². The molecule has 0 unspecified atom stereocenters. The van der Waals surface area contributed by atoms with Crippen molar-refractivity contribution >= 4 is 5.91 Å². The quantitative estimate of drug-likeness (QED) is 0.868. The van der Waals surface area contributed by atoms with Gasteiger partial charge in [-0.1, -0.05) is 0 Å². The average Bonchev–Trinajstić information content (AvgIpc) is 2.33. The van der Waals surface area contributed by atoms with Crippen molar-refractivity contribution in [2.75, 3.05) is 13.1 Å². The molecule has 1 N–H and O–H groups in total. The first-order valence-electron chi connectivity index (χ1n) is 5.25. The van der Waals surface area contributed by atoms with Crippen LogP contribution >= 0.6 is 0 Å². The van der Waals surface area contributed by atoms with Crippen LogP contribution in [0.5, 0.6) is 5.75 Å². The van der Waals surface area contributed by atoms with E-state index in [4.69, 9.17) is 5.26 Å². The monoisotopic (exact) mass is 236 g/mol. The third kappa shape index (κ3) is 3.18. The fraction of sp³-hybridized carbons (Fsp3) is 0.333. The van der Waals surface area contributed by atoms with Crippen LogP contribution in [0.3, 0.4) is 0 Å². The molecule has 1 aromatic carbocycles. The van der Waals surface area contributed by atoms with Crippen LogP contribution in [0.4, 0.5) is 4.39 Å². The molecule has 0 aliphatic carbocycles. The van der Waals surface area contributed by atoms with Gasteiger partial charge in [-0.3, -0.25) is 4.79 Å². The molecule has 90 valence electrons. The van der Waals surface area contributed by atoms with Crippen LogP contribution in [0.15, 0.2) is 18.2 Å². The number of nitriles is 1. The van der Waals surface area contributed by atoms with E-state index >= 15 is 0 Å². The van der Waals surface area contributed by atoms with E-state index in [-0.39, 0.29) is 24.3 Å². The van der Waals surface area contributed by atoms with Crippen LogP contribution in [0.1, 0.15) is 23.7 Å². The van der Waals surface area contributed by atoms with Gasteiger partial charge in [-0.25, -0.2) is 4.39 Å². The van der Waals surface area contributed by atoms with E-state index < -0.39 is 11.7 Å². The molecule has 0 radical (unpaired) electrons. The van der Waals surface area contributed by atoms with Crippen LogP contribution in [0.25, 0.3) is 0 Å². The molecule has 0 aliphatic heterocycles. The van der Waals surface area contributed by atoms with Gasteiger partial charge in [-0.05, 0) is 25.1 Å². The van der Waals surface area contributed by atoms with Gasteiger partial charge in [0.05, 0.1) is 18.1 Å². The van der Waals surface area contributed by atoms with Crippen LogP contribution in [0, 0.1) is 17.1 Å². The van der Waals surface area contributed by atoms with Gasteiger partial charge >= 0.3 is 0 Å². The fourth-order valence-electron chi connectivity index (χ4n) is 1.44. The van der Waals surface area contributed by atoms with Crippen LogP contribution in [0.2, 0.25) is 0 Å². The number of hydrogen-bond acceptors (Lipinski definition) is 3. The number of phenolic OH excluding ortho intramolecular Hbond substituents is 1. The van der Waals surface area contributed by atoms with E-state index in [1.165, 1.54) is 4.90 Å². The smallest absolute Gasteiger partial charge is 0.257 e. The molecule has 0 bridgehead atoms. The van der Waals surface area contributed by atoms with Crippen molar-refractivity contribution in [3.8, 4) is 11.8 Å². The van der Waals surface area contributed by atoms with Crippen molar-refractivity contribution in [1.82, 2.24) is 4.90 Å². The maximum atomic E-state index is 13.0. The van der Waals surface area contributed by atoms with Gasteiger partial charge in [0, 0.05) is 13.1 Å². The number of carbonyl (C=O) groups excluding carboxylic acids is 1. The zero-order valence-corrected chi connectivity index (χ0v) is 9.48. The highest BCUT2D eigenvalue weighted by Gasteiger charge is 2.17. The summed E-state index contributed by atoms with van der Waals surface area (Å²) in [6.07, 6.45) is 0.204. The highest BCUT2D eigenvalue weighted by molar-refractivity contribution is 5.96. The Balaban J connectivity index is 2.94. The molecule has 1 aromatic rings. The predicted octanol–water partition coefficient (Wildman–Crippen LogP) is 1.91. The Hall–Kier alpha value is -2.09. The minimum Gasteiger partial charge on any atom is -0.507 e. The Morgan fingerprint density at radius 2 is 2.29 bits per heavy atom. The topological polar surface area (TPSA) is 64.3 Å². The molecule has 0 atom stereocenters. The maximum Gasteiger partial charge on any atom is 0.257 e. The summed E-state index contributed by atoms with van der Waals surface area (Å²) in [6.45, 7) is 2.42. The van der Waals surface area contributed by atoms with E-state index in [1.807, 2.05) is 6.07 Å². The van der Waals surface area contributed by atoms with Crippen molar-refractivity contribution in [2.45, 2.75) is 13.3 Å². The van der Waals surface area contributed by atoms with Gasteiger partial charge in [0.25, 0.3) is 5.91 Å². The van der Waals surface area contributed by atoms with Gasteiger partial charge in [-0.15, -0.1) is 0 Å². The molecule has 17 heavy (non-hydrogen) atoms. The largest absolute Gasteiger partial charge is 0.507 e. The van der Waals surface area contributed by atoms with Crippen molar-refractivity contribution in [2.24, 2.45) is 0 Å². The first-order valence-corrected chi connectivity index (χ1v) is 5.25. The highest BCUT2D eigenvalue weighted by atomic mass is 19.1. The maximum absolute atomic E-state index is 13.0. The number of amides is 1. The molecule has 0 spiro atoms. The Bertz CT molecular complexity index is 454. The molecular weight excluding hydrogens is 223 g/mol. The van der Waals surface area contributed by atoms with Gasteiger partial charge in [0.1, 0.15) is 11.6 Å². The summed E-state index contributed by atoms with van der Waals surface area (Å²) in [4.78, 5) is 13.3. The van der Waals surface area contributed by atoms with E-state index in [0.29, 0.717) is 6.54 Å². The summed E-state index contributed by atoms with van der Waals surface area (Å²) < 4.78 is 13.0. The fourth-order valence-corrected chi connectivity index (χ4v) is 1.44. The molecule has 0 heterocycles. The van der Waals surface area contributed by atoms with Gasteiger partial charge < -0.3 is 10.0 Å². The predicted molar refractivity (Wildman–Crippen MR) is 59.9 cm³/mol. The standard InChI is InChI=1S/C12H13FN2O2/c1-2-15(7-3-6-14)12(17)10-8-9(13)4-5-11(10)16/h4-5,8,16H,2-3,7H2,1H3. The van der Waals surface area contributed by atoms with Crippen molar-refractivity contribution in [3.05, 3.63) is 29.6 Å². The van der Waals surface area contributed by atoms with Crippen molar-refractivity contribution in [1.29, 1.82) is 5.26 Å². The number of benzene rings is 1. The second-order valence-corrected chi connectivity index (χ2v) is 3.45. The molecule has 0 saturated carbocycles. The lowest BCUT2D eigenvalue weighted by atomic mass is 10.1. The molecule has 0 fully saturated rings. The number of nitrogens with zero attached hydrogens (tertiary/aromatic N) is 2. The van der Waals surface area contributed by atoms with Crippen molar-refractivity contribution < 1.29 is 14.3 Å². The number of rotatable bonds is 4. The van der Waals surface area contributed by atoms with Gasteiger partial charge in [-0.2, -0.15) is 5.26 Å². The highest BCUT2D eigenvalue weighted by Crippen LogP contribution is 2.19. The number of aromatic hydroxyl groups is 1. The summed E-state index contributed by atoms with van der Waals surface area (Å²) >= 11 is 0. The Labute approximate surface area is 98.9 Å². The number of hydrogen-bond donors (Lipinski definition) is 1. The summed E-state index contributed by atoms with van der Waals surface area (Å²) in [6, 6.07) is 5.15. The SMILES string of the molecule is CCN(CCC#N)C(=O)c1cc(F)ccc1O. The minimum absolute atomic E-state index is 0.0789. The Kier molecular flexibility index (Phi) is 4.46. The van der Waals surface area contributed by atoms with Gasteiger partial charge in [0.15, 0.2) is 0 Å². The number of carbonyl (C=O) groups is 1. The summed E-state index contributed by atoms with van der Waals surface area (Å²) in [7, 11) is 0. The zero-order chi connectivity index (χ0) is 12.8. The molecule has 0 aliphatic rings.